The van der Waals surface area contributed by atoms with Crippen molar-refractivity contribution in [3.63, 3.8) is 0 Å². The molecule has 0 radical (unpaired) electrons. The molecule has 2 amide bonds. The molecule has 1 N–H and O–H groups in total. The molecule has 0 saturated carbocycles. The minimum atomic E-state index is -0.936. The first-order valence-electron chi connectivity index (χ1n) is 5.67. The van der Waals surface area contributed by atoms with Crippen molar-refractivity contribution in [1.82, 2.24) is 15.1 Å². The summed E-state index contributed by atoms with van der Waals surface area (Å²) in [6, 6.07) is 0. The lowest BCUT2D eigenvalue weighted by molar-refractivity contribution is -0.162. The summed E-state index contributed by atoms with van der Waals surface area (Å²) in [5, 5.41) is 2.56. The fourth-order valence-electron chi connectivity index (χ4n) is 1.86. The molecule has 17 heavy (non-hydrogen) atoms. The summed E-state index contributed by atoms with van der Waals surface area (Å²) in [6.45, 7) is 3.30. The van der Waals surface area contributed by atoms with Crippen LogP contribution >= 0.6 is 0 Å². The van der Waals surface area contributed by atoms with E-state index in [1.165, 1.54) is 0 Å². The Bertz CT molecular complexity index is 306. The standard InChI is InChI=1S/C11H21N3O3/c1-11(10(16)12-2)8-14(5-6-17-11)9(15)7-13(3)4/h5-8H2,1-4H3,(H,12,16)/t11-/m0/s1. The summed E-state index contributed by atoms with van der Waals surface area (Å²) in [7, 11) is 5.25. The molecule has 6 nitrogen and oxygen atoms in total. The zero-order valence-corrected chi connectivity index (χ0v) is 10.9. The number of hydrogen-bond acceptors (Lipinski definition) is 4. The highest BCUT2D eigenvalue weighted by Gasteiger charge is 2.40. The molecule has 1 rings (SSSR count). The molecule has 0 aliphatic carbocycles. The first kappa shape index (κ1) is 13.9. The van der Waals surface area contributed by atoms with Gasteiger partial charge in [-0.2, -0.15) is 0 Å². The van der Waals surface area contributed by atoms with E-state index in [9.17, 15) is 9.59 Å². The molecular weight excluding hydrogens is 222 g/mol. The molecule has 0 unspecified atom stereocenters. The Hall–Kier alpha value is -1.14. The van der Waals surface area contributed by atoms with Crippen LogP contribution in [-0.4, -0.2) is 74.6 Å². The Balaban J connectivity index is 2.66. The van der Waals surface area contributed by atoms with Crippen molar-refractivity contribution in [1.29, 1.82) is 0 Å². The van der Waals surface area contributed by atoms with Crippen LogP contribution in [0.2, 0.25) is 0 Å². The van der Waals surface area contributed by atoms with E-state index < -0.39 is 5.60 Å². The van der Waals surface area contributed by atoms with Crippen LogP contribution in [-0.2, 0) is 14.3 Å². The zero-order valence-electron chi connectivity index (χ0n) is 10.9. The Kier molecular flexibility index (Phi) is 4.47. The summed E-state index contributed by atoms with van der Waals surface area (Å²) in [6.07, 6.45) is 0. The van der Waals surface area contributed by atoms with Crippen molar-refractivity contribution in [2.75, 3.05) is 47.4 Å². The van der Waals surface area contributed by atoms with Crippen molar-refractivity contribution >= 4 is 11.8 Å². The molecule has 0 aromatic heterocycles. The maximum atomic E-state index is 11.9. The summed E-state index contributed by atoms with van der Waals surface area (Å²) >= 11 is 0. The highest BCUT2D eigenvalue weighted by atomic mass is 16.5. The molecule has 1 atom stereocenters. The number of rotatable bonds is 3. The maximum absolute atomic E-state index is 11.9. The first-order chi connectivity index (χ1) is 7.89. The van der Waals surface area contributed by atoms with Gasteiger partial charge >= 0.3 is 0 Å². The van der Waals surface area contributed by atoms with Gasteiger partial charge in [0.05, 0.1) is 19.7 Å². The Morgan fingerprint density at radius 2 is 2.12 bits per heavy atom. The second-order valence-electron chi connectivity index (χ2n) is 4.71. The third-order valence-electron chi connectivity index (χ3n) is 2.79. The zero-order chi connectivity index (χ0) is 13.1. The van der Waals surface area contributed by atoms with Gasteiger partial charge in [-0.15, -0.1) is 0 Å². The van der Waals surface area contributed by atoms with E-state index in [4.69, 9.17) is 4.74 Å². The molecule has 1 heterocycles. The number of ether oxygens (including phenoxy) is 1. The molecule has 0 spiro atoms. The van der Waals surface area contributed by atoms with Gasteiger partial charge in [0.2, 0.25) is 5.91 Å². The number of amides is 2. The third kappa shape index (κ3) is 3.41. The normalized spacial score (nSPS) is 24.9. The molecule has 98 valence electrons. The monoisotopic (exact) mass is 243 g/mol. The number of nitrogens with zero attached hydrogens (tertiary/aromatic N) is 2. The Morgan fingerprint density at radius 3 is 2.65 bits per heavy atom. The number of carbonyl (C=O) groups excluding carboxylic acids is 2. The minimum absolute atomic E-state index is 0.0217. The molecular formula is C11H21N3O3. The Labute approximate surface area is 102 Å². The van der Waals surface area contributed by atoms with Crippen LogP contribution < -0.4 is 5.32 Å². The number of carbonyl (C=O) groups is 2. The van der Waals surface area contributed by atoms with Crippen LogP contribution in [0.1, 0.15) is 6.92 Å². The van der Waals surface area contributed by atoms with E-state index in [1.807, 2.05) is 19.0 Å². The number of likely N-dealkylation sites (N-methyl/N-ethyl adjacent to an activating group) is 2. The highest BCUT2D eigenvalue weighted by molar-refractivity contribution is 5.86. The smallest absolute Gasteiger partial charge is 0.253 e. The van der Waals surface area contributed by atoms with Crippen LogP contribution in [0.5, 0.6) is 0 Å². The summed E-state index contributed by atoms with van der Waals surface area (Å²) in [5.41, 5.74) is -0.936. The van der Waals surface area contributed by atoms with Gasteiger partial charge in [0.1, 0.15) is 0 Å². The average Bonchev–Trinajstić information content (AvgIpc) is 2.27. The van der Waals surface area contributed by atoms with Gasteiger partial charge in [0.15, 0.2) is 5.60 Å². The van der Waals surface area contributed by atoms with E-state index >= 15 is 0 Å². The van der Waals surface area contributed by atoms with E-state index in [2.05, 4.69) is 5.32 Å². The molecule has 0 aromatic carbocycles. The number of morpholine rings is 1. The molecule has 6 heteroatoms. The van der Waals surface area contributed by atoms with Gasteiger partial charge in [0, 0.05) is 13.6 Å². The van der Waals surface area contributed by atoms with Gasteiger partial charge in [-0.05, 0) is 21.0 Å². The van der Waals surface area contributed by atoms with Crippen LogP contribution in [0, 0.1) is 0 Å². The molecule has 1 saturated heterocycles. The topological polar surface area (TPSA) is 61.9 Å². The number of hydrogen-bond donors (Lipinski definition) is 1. The fraction of sp³-hybridized carbons (Fsp3) is 0.818. The maximum Gasteiger partial charge on any atom is 0.253 e. The second-order valence-corrected chi connectivity index (χ2v) is 4.71. The van der Waals surface area contributed by atoms with Gasteiger partial charge in [-0.25, -0.2) is 0 Å². The van der Waals surface area contributed by atoms with Gasteiger partial charge in [-0.3, -0.25) is 9.59 Å². The van der Waals surface area contributed by atoms with Gasteiger partial charge in [0.25, 0.3) is 5.91 Å². The van der Waals surface area contributed by atoms with Crippen LogP contribution in [0.25, 0.3) is 0 Å². The summed E-state index contributed by atoms with van der Waals surface area (Å²) < 4.78 is 5.48. The second kappa shape index (κ2) is 5.46. The van der Waals surface area contributed by atoms with Crippen LogP contribution in [0.4, 0.5) is 0 Å². The summed E-state index contributed by atoms with van der Waals surface area (Å²) in [5.74, 6) is -0.173. The molecule has 1 fully saturated rings. The van der Waals surface area contributed by atoms with Crippen LogP contribution in [0.15, 0.2) is 0 Å². The number of nitrogens with one attached hydrogen (secondary N) is 1. The minimum Gasteiger partial charge on any atom is -0.362 e. The SMILES string of the molecule is CNC(=O)[C@]1(C)CN(C(=O)CN(C)C)CCO1. The lowest BCUT2D eigenvalue weighted by Crippen LogP contribution is -2.59. The lowest BCUT2D eigenvalue weighted by Gasteiger charge is -2.39. The van der Waals surface area contributed by atoms with Crippen LogP contribution in [0.3, 0.4) is 0 Å². The largest absolute Gasteiger partial charge is 0.362 e. The first-order valence-corrected chi connectivity index (χ1v) is 5.67. The van der Waals surface area contributed by atoms with Crippen molar-refractivity contribution in [2.45, 2.75) is 12.5 Å². The highest BCUT2D eigenvalue weighted by Crippen LogP contribution is 2.17. The van der Waals surface area contributed by atoms with E-state index in [-0.39, 0.29) is 11.8 Å². The molecule has 1 aliphatic rings. The average molecular weight is 243 g/mol. The van der Waals surface area contributed by atoms with Gasteiger partial charge < -0.3 is 19.9 Å². The fourth-order valence-corrected chi connectivity index (χ4v) is 1.86. The van der Waals surface area contributed by atoms with Crippen molar-refractivity contribution in [3.8, 4) is 0 Å². The van der Waals surface area contributed by atoms with Gasteiger partial charge in [-0.1, -0.05) is 0 Å². The quantitative estimate of drug-likeness (QED) is 0.684. The predicted molar refractivity (Wildman–Crippen MR) is 63.6 cm³/mol. The van der Waals surface area contributed by atoms with Crippen molar-refractivity contribution in [3.05, 3.63) is 0 Å². The van der Waals surface area contributed by atoms with Crippen molar-refractivity contribution in [2.24, 2.45) is 0 Å². The molecule has 1 aliphatic heterocycles. The molecule has 0 aromatic rings. The Morgan fingerprint density at radius 1 is 1.47 bits per heavy atom. The third-order valence-corrected chi connectivity index (χ3v) is 2.79. The van der Waals surface area contributed by atoms with Crippen molar-refractivity contribution < 1.29 is 14.3 Å². The van der Waals surface area contributed by atoms with E-state index in [1.54, 1.807) is 18.9 Å². The molecule has 0 bridgehead atoms. The van der Waals surface area contributed by atoms with E-state index in [0.717, 1.165) is 0 Å². The predicted octanol–water partition coefficient (Wildman–Crippen LogP) is -1.09. The van der Waals surface area contributed by atoms with E-state index in [0.29, 0.717) is 26.2 Å². The lowest BCUT2D eigenvalue weighted by atomic mass is 10.0. The summed E-state index contributed by atoms with van der Waals surface area (Å²) in [4.78, 5) is 27.1.